The lowest BCUT2D eigenvalue weighted by atomic mass is 10.2. The number of nitrogens with one attached hydrogen (secondary N) is 2. The number of hydrogen-bond acceptors (Lipinski definition) is 3. The van der Waals surface area contributed by atoms with Crippen LogP contribution in [0.5, 0.6) is 0 Å². The lowest BCUT2D eigenvalue weighted by Crippen LogP contribution is -3.15. The van der Waals surface area contributed by atoms with Crippen LogP contribution in [0.2, 0.25) is 0 Å². The third-order valence-corrected chi connectivity index (χ3v) is 2.85. The largest absolute Gasteiger partial charge is 0.397 e. The summed E-state index contributed by atoms with van der Waals surface area (Å²) in [6.07, 6.45) is 0. The van der Waals surface area contributed by atoms with Crippen molar-refractivity contribution < 1.29 is 14.4 Å². The number of carbonyl (C=O) groups excluding carboxylic acids is 1. The zero-order chi connectivity index (χ0) is 12.1. The average molecular weight is 236 g/mol. The van der Waals surface area contributed by atoms with Crippen LogP contribution in [0.25, 0.3) is 0 Å². The molecule has 0 saturated carbocycles. The Bertz CT molecular complexity index is 389. The van der Waals surface area contributed by atoms with Gasteiger partial charge in [-0.3, -0.25) is 4.79 Å². The van der Waals surface area contributed by atoms with E-state index in [0.29, 0.717) is 17.9 Å². The molecule has 4 N–H and O–H groups in total. The molecule has 1 aliphatic heterocycles. The SMILES string of the molecule is Nc1ccccc1NC(=O)C[NH+]1CCOCC1. The molecular formula is C12H18N3O2+. The number of ether oxygens (including phenoxy) is 1. The monoisotopic (exact) mass is 236 g/mol. The van der Waals surface area contributed by atoms with Crippen LogP contribution in [-0.2, 0) is 9.53 Å². The number of amides is 1. The smallest absolute Gasteiger partial charge is 0.279 e. The van der Waals surface area contributed by atoms with Crippen LogP contribution in [0.15, 0.2) is 24.3 Å². The van der Waals surface area contributed by atoms with Gasteiger partial charge >= 0.3 is 0 Å². The van der Waals surface area contributed by atoms with Crippen molar-refractivity contribution in [2.45, 2.75) is 0 Å². The zero-order valence-electron chi connectivity index (χ0n) is 9.74. The molecule has 0 aromatic heterocycles. The summed E-state index contributed by atoms with van der Waals surface area (Å²) in [7, 11) is 0. The van der Waals surface area contributed by atoms with Gasteiger partial charge in [-0.1, -0.05) is 12.1 Å². The molecule has 1 saturated heterocycles. The van der Waals surface area contributed by atoms with Crippen LogP contribution in [0, 0.1) is 0 Å². The summed E-state index contributed by atoms with van der Waals surface area (Å²) >= 11 is 0. The molecule has 0 atom stereocenters. The van der Waals surface area contributed by atoms with Crippen molar-refractivity contribution in [3.63, 3.8) is 0 Å². The van der Waals surface area contributed by atoms with Gasteiger partial charge in [0.15, 0.2) is 6.54 Å². The molecule has 0 aliphatic carbocycles. The first-order chi connectivity index (χ1) is 8.25. The van der Waals surface area contributed by atoms with E-state index < -0.39 is 0 Å². The maximum absolute atomic E-state index is 11.8. The number of anilines is 2. The normalized spacial score (nSPS) is 16.7. The first kappa shape index (κ1) is 11.9. The van der Waals surface area contributed by atoms with Crippen molar-refractivity contribution in [1.29, 1.82) is 0 Å². The highest BCUT2D eigenvalue weighted by atomic mass is 16.5. The number of rotatable bonds is 3. The Morgan fingerprint density at radius 1 is 1.35 bits per heavy atom. The van der Waals surface area contributed by atoms with Gasteiger partial charge in [-0.2, -0.15) is 0 Å². The molecule has 0 unspecified atom stereocenters. The molecular weight excluding hydrogens is 218 g/mol. The van der Waals surface area contributed by atoms with E-state index in [9.17, 15) is 4.79 Å². The van der Waals surface area contributed by atoms with Crippen LogP contribution in [0.1, 0.15) is 0 Å². The molecule has 1 amide bonds. The molecule has 1 fully saturated rings. The molecule has 0 bridgehead atoms. The van der Waals surface area contributed by atoms with Crippen LogP contribution in [0.4, 0.5) is 11.4 Å². The lowest BCUT2D eigenvalue weighted by Gasteiger charge is -2.23. The van der Waals surface area contributed by atoms with Gasteiger partial charge in [0.05, 0.1) is 24.6 Å². The van der Waals surface area contributed by atoms with Crippen LogP contribution in [-0.4, -0.2) is 38.8 Å². The zero-order valence-corrected chi connectivity index (χ0v) is 9.74. The fourth-order valence-electron chi connectivity index (χ4n) is 1.87. The maximum atomic E-state index is 11.8. The third kappa shape index (κ3) is 3.44. The Hall–Kier alpha value is -1.59. The minimum atomic E-state index is -0.000185. The van der Waals surface area contributed by atoms with Crippen molar-refractivity contribution in [3.05, 3.63) is 24.3 Å². The van der Waals surface area contributed by atoms with Crippen molar-refractivity contribution in [1.82, 2.24) is 0 Å². The van der Waals surface area contributed by atoms with Crippen molar-refractivity contribution >= 4 is 17.3 Å². The van der Waals surface area contributed by atoms with E-state index in [1.54, 1.807) is 6.07 Å². The molecule has 0 radical (unpaired) electrons. The van der Waals surface area contributed by atoms with E-state index in [2.05, 4.69) is 5.32 Å². The summed E-state index contributed by atoms with van der Waals surface area (Å²) in [5.74, 6) is -0.000185. The van der Waals surface area contributed by atoms with E-state index in [1.807, 2.05) is 18.2 Å². The van der Waals surface area contributed by atoms with Gasteiger partial charge in [-0.25, -0.2) is 0 Å². The molecule has 0 spiro atoms. The minimum absolute atomic E-state index is 0.000185. The van der Waals surface area contributed by atoms with Gasteiger partial charge in [-0.15, -0.1) is 0 Å². The first-order valence-electron chi connectivity index (χ1n) is 5.81. The number of nitrogens with two attached hydrogens (primary N) is 1. The quantitative estimate of drug-likeness (QED) is 0.597. The third-order valence-electron chi connectivity index (χ3n) is 2.85. The number of carbonyl (C=O) groups is 1. The molecule has 92 valence electrons. The first-order valence-corrected chi connectivity index (χ1v) is 5.81. The van der Waals surface area contributed by atoms with E-state index >= 15 is 0 Å². The Balaban J connectivity index is 1.86. The summed E-state index contributed by atoms with van der Waals surface area (Å²) in [5, 5.41) is 2.83. The Kier molecular flexibility index (Phi) is 3.95. The van der Waals surface area contributed by atoms with Crippen LogP contribution >= 0.6 is 0 Å². The van der Waals surface area contributed by atoms with E-state index in [-0.39, 0.29) is 5.91 Å². The van der Waals surface area contributed by atoms with Gasteiger partial charge in [0.25, 0.3) is 5.91 Å². The molecule has 2 rings (SSSR count). The second kappa shape index (κ2) is 5.65. The summed E-state index contributed by atoms with van der Waals surface area (Å²) in [6.45, 7) is 3.71. The maximum Gasteiger partial charge on any atom is 0.279 e. The Morgan fingerprint density at radius 2 is 2.06 bits per heavy atom. The molecule has 5 heteroatoms. The van der Waals surface area contributed by atoms with E-state index in [1.165, 1.54) is 4.90 Å². The molecule has 1 aromatic rings. The molecule has 1 aliphatic rings. The molecule has 1 aromatic carbocycles. The van der Waals surface area contributed by atoms with Crippen molar-refractivity contribution in [2.75, 3.05) is 43.9 Å². The number of nitrogen functional groups attached to an aromatic ring is 1. The summed E-state index contributed by atoms with van der Waals surface area (Å²) in [4.78, 5) is 13.1. The van der Waals surface area contributed by atoms with Gasteiger partial charge in [-0.05, 0) is 12.1 Å². The summed E-state index contributed by atoms with van der Waals surface area (Å²) in [6, 6.07) is 7.28. The standard InChI is InChI=1S/C12H17N3O2/c13-10-3-1-2-4-11(10)14-12(16)9-15-5-7-17-8-6-15/h1-4H,5-9,13H2,(H,14,16)/p+1. The van der Waals surface area contributed by atoms with Gasteiger partial charge in [0, 0.05) is 0 Å². The number of para-hydroxylation sites is 2. The van der Waals surface area contributed by atoms with E-state index in [4.69, 9.17) is 10.5 Å². The Labute approximate surface area is 101 Å². The number of benzene rings is 1. The highest BCUT2D eigenvalue weighted by Crippen LogP contribution is 2.15. The van der Waals surface area contributed by atoms with Gasteiger partial charge in [0.1, 0.15) is 13.1 Å². The molecule has 17 heavy (non-hydrogen) atoms. The number of hydrogen-bond donors (Lipinski definition) is 3. The van der Waals surface area contributed by atoms with Crippen molar-refractivity contribution in [2.24, 2.45) is 0 Å². The second-order valence-electron chi connectivity index (χ2n) is 4.17. The number of morpholine rings is 1. The topological polar surface area (TPSA) is 68.8 Å². The highest BCUT2D eigenvalue weighted by molar-refractivity contribution is 5.94. The Morgan fingerprint density at radius 3 is 2.76 bits per heavy atom. The van der Waals surface area contributed by atoms with Gasteiger partial charge in [0.2, 0.25) is 0 Å². The number of quaternary nitrogens is 1. The molecule has 1 heterocycles. The van der Waals surface area contributed by atoms with Gasteiger partial charge < -0.3 is 20.7 Å². The second-order valence-corrected chi connectivity index (χ2v) is 4.17. The lowest BCUT2D eigenvalue weighted by molar-refractivity contribution is -0.899. The van der Waals surface area contributed by atoms with E-state index in [0.717, 1.165) is 26.3 Å². The predicted octanol–water partition coefficient (Wildman–Crippen LogP) is -0.878. The highest BCUT2D eigenvalue weighted by Gasteiger charge is 2.17. The average Bonchev–Trinajstić information content (AvgIpc) is 2.33. The summed E-state index contributed by atoms with van der Waals surface area (Å²) < 4.78 is 5.25. The molecule has 5 nitrogen and oxygen atoms in total. The van der Waals surface area contributed by atoms with Crippen LogP contribution in [0.3, 0.4) is 0 Å². The fourth-order valence-corrected chi connectivity index (χ4v) is 1.87. The predicted molar refractivity (Wildman–Crippen MR) is 65.9 cm³/mol. The summed E-state index contributed by atoms with van der Waals surface area (Å²) in [5.41, 5.74) is 7.04. The fraction of sp³-hybridized carbons (Fsp3) is 0.417. The van der Waals surface area contributed by atoms with Crippen LogP contribution < -0.4 is 16.0 Å². The van der Waals surface area contributed by atoms with Crippen molar-refractivity contribution in [3.8, 4) is 0 Å². The minimum Gasteiger partial charge on any atom is -0.397 e.